The zero-order valence-electron chi connectivity index (χ0n) is 11.5. The quantitative estimate of drug-likeness (QED) is 0.894. The van der Waals surface area contributed by atoms with Crippen molar-refractivity contribution < 1.29 is 17.9 Å². The van der Waals surface area contributed by atoms with Crippen LogP contribution in [0.5, 0.6) is 0 Å². The van der Waals surface area contributed by atoms with Gasteiger partial charge in [0.05, 0.1) is 12.1 Å². The van der Waals surface area contributed by atoms with Crippen LogP contribution in [0.25, 0.3) is 0 Å². The summed E-state index contributed by atoms with van der Waals surface area (Å²) in [6.07, 6.45) is -0.607. The van der Waals surface area contributed by atoms with Gasteiger partial charge >= 0.3 is 6.09 Å². The van der Waals surface area contributed by atoms with Crippen molar-refractivity contribution in [2.24, 2.45) is 0 Å². The number of rotatable bonds is 4. The zero-order valence-corrected chi connectivity index (χ0v) is 13.1. The molecule has 2 N–H and O–H groups in total. The molecule has 0 spiro atoms. The first kappa shape index (κ1) is 16.1. The summed E-state index contributed by atoms with van der Waals surface area (Å²) in [6, 6.07) is 12.3. The molecular weight excluding hydrogens is 328 g/mol. The number of amides is 1. The van der Waals surface area contributed by atoms with Crippen molar-refractivity contribution in [2.45, 2.75) is 4.90 Å². The Morgan fingerprint density at radius 1 is 1.05 bits per heavy atom. The molecule has 0 unspecified atom stereocenters. The van der Waals surface area contributed by atoms with Crippen LogP contribution in [0.1, 0.15) is 0 Å². The third-order valence-corrected chi connectivity index (χ3v) is 4.58. The van der Waals surface area contributed by atoms with Crippen LogP contribution in [0.2, 0.25) is 5.02 Å². The van der Waals surface area contributed by atoms with Crippen LogP contribution in [-0.4, -0.2) is 21.6 Å². The molecule has 0 aromatic heterocycles. The Balaban J connectivity index is 2.17. The maximum atomic E-state index is 12.2. The molecule has 0 bridgehead atoms. The molecule has 2 aromatic rings. The number of halogens is 1. The van der Waals surface area contributed by atoms with Crippen LogP contribution >= 0.6 is 11.6 Å². The van der Waals surface area contributed by atoms with E-state index >= 15 is 0 Å². The lowest BCUT2D eigenvalue weighted by Crippen LogP contribution is -2.14. The summed E-state index contributed by atoms with van der Waals surface area (Å²) in [4.78, 5) is 11.1. The van der Waals surface area contributed by atoms with E-state index in [1.165, 1.54) is 31.4 Å². The Labute approximate surface area is 133 Å². The second kappa shape index (κ2) is 6.67. The summed E-state index contributed by atoms with van der Waals surface area (Å²) in [7, 11) is -2.53. The van der Waals surface area contributed by atoms with Gasteiger partial charge in [0, 0.05) is 11.4 Å². The number of methoxy groups -OCH3 is 1. The lowest BCUT2D eigenvalue weighted by Gasteiger charge is -2.10. The summed E-state index contributed by atoms with van der Waals surface area (Å²) >= 11 is 5.89. The van der Waals surface area contributed by atoms with Gasteiger partial charge in [-0.1, -0.05) is 23.7 Å². The fourth-order valence-electron chi connectivity index (χ4n) is 1.66. The van der Waals surface area contributed by atoms with Gasteiger partial charge in [0.25, 0.3) is 10.0 Å². The molecule has 0 fully saturated rings. The Hall–Kier alpha value is -2.25. The Morgan fingerprint density at radius 2 is 1.64 bits per heavy atom. The lowest BCUT2D eigenvalue weighted by molar-refractivity contribution is 0.187. The number of carbonyl (C=O) groups excluding carboxylic acids is 1. The predicted octanol–water partition coefficient (Wildman–Crippen LogP) is 3.32. The molecule has 0 heterocycles. The van der Waals surface area contributed by atoms with Crippen molar-refractivity contribution in [3.63, 3.8) is 0 Å². The van der Waals surface area contributed by atoms with Crippen LogP contribution in [-0.2, 0) is 14.8 Å². The van der Waals surface area contributed by atoms with Gasteiger partial charge in [-0.15, -0.1) is 0 Å². The van der Waals surface area contributed by atoms with Gasteiger partial charge in [0.15, 0.2) is 0 Å². The molecule has 0 saturated heterocycles. The number of hydrogen-bond acceptors (Lipinski definition) is 4. The van der Waals surface area contributed by atoms with Crippen molar-refractivity contribution >= 4 is 39.1 Å². The van der Waals surface area contributed by atoms with Crippen LogP contribution in [0, 0.1) is 0 Å². The summed E-state index contributed by atoms with van der Waals surface area (Å²) in [6.45, 7) is 0. The molecular formula is C14H13ClN2O4S. The fourth-order valence-corrected chi connectivity index (χ4v) is 3.24. The standard InChI is InChI=1S/C14H13ClN2O4S/c1-21-14(18)16-10-6-8-11(9-7-10)17-22(19,20)13-5-3-2-4-12(13)15/h2-9,17H,1H3,(H,16,18). The SMILES string of the molecule is COC(=O)Nc1ccc(NS(=O)(=O)c2ccccc2Cl)cc1. The monoisotopic (exact) mass is 340 g/mol. The molecule has 0 radical (unpaired) electrons. The number of benzene rings is 2. The number of anilines is 2. The minimum absolute atomic E-state index is 0.00608. The number of sulfonamides is 1. The average molecular weight is 341 g/mol. The maximum Gasteiger partial charge on any atom is 0.411 e. The summed E-state index contributed by atoms with van der Waals surface area (Å²) < 4.78 is 31.4. The molecule has 6 nitrogen and oxygen atoms in total. The smallest absolute Gasteiger partial charge is 0.411 e. The highest BCUT2D eigenvalue weighted by Gasteiger charge is 2.17. The average Bonchev–Trinajstić information content (AvgIpc) is 2.49. The van der Waals surface area contributed by atoms with Crippen molar-refractivity contribution in [1.29, 1.82) is 0 Å². The summed E-state index contributed by atoms with van der Waals surface area (Å²) in [5.74, 6) is 0. The molecule has 116 valence electrons. The van der Waals surface area contributed by atoms with Crippen LogP contribution in [0.15, 0.2) is 53.4 Å². The normalized spacial score (nSPS) is 10.8. The number of hydrogen-bond donors (Lipinski definition) is 2. The number of ether oxygens (including phenoxy) is 1. The number of nitrogens with one attached hydrogen (secondary N) is 2. The highest BCUT2D eigenvalue weighted by atomic mass is 35.5. The van der Waals surface area contributed by atoms with Gasteiger partial charge in [-0.2, -0.15) is 0 Å². The van der Waals surface area contributed by atoms with E-state index in [1.807, 2.05) is 0 Å². The van der Waals surface area contributed by atoms with Gasteiger partial charge in [-0.25, -0.2) is 13.2 Å². The first-order chi connectivity index (χ1) is 10.4. The summed E-state index contributed by atoms with van der Waals surface area (Å²) in [5, 5.41) is 2.60. The van der Waals surface area contributed by atoms with Crippen molar-refractivity contribution in [1.82, 2.24) is 0 Å². The van der Waals surface area contributed by atoms with E-state index in [1.54, 1.807) is 24.3 Å². The van der Waals surface area contributed by atoms with Gasteiger partial charge in [0.2, 0.25) is 0 Å². The van der Waals surface area contributed by atoms with Crippen LogP contribution in [0.4, 0.5) is 16.2 Å². The Bertz CT molecular complexity index is 776. The van der Waals surface area contributed by atoms with Gasteiger partial charge in [0.1, 0.15) is 4.90 Å². The first-order valence-electron chi connectivity index (χ1n) is 6.15. The molecule has 1 amide bonds. The predicted molar refractivity (Wildman–Crippen MR) is 84.7 cm³/mol. The minimum atomic E-state index is -3.78. The first-order valence-corrected chi connectivity index (χ1v) is 8.01. The molecule has 22 heavy (non-hydrogen) atoms. The van der Waals surface area contributed by atoms with Gasteiger partial charge < -0.3 is 4.74 Å². The van der Waals surface area contributed by atoms with Gasteiger partial charge in [-0.3, -0.25) is 10.0 Å². The molecule has 0 aliphatic carbocycles. The molecule has 2 rings (SSSR count). The lowest BCUT2D eigenvalue weighted by atomic mass is 10.3. The van der Waals surface area contributed by atoms with E-state index in [4.69, 9.17) is 11.6 Å². The third-order valence-electron chi connectivity index (χ3n) is 2.70. The highest BCUT2D eigenvalue weighted by molar-refractivity contribution is 7.92. The van der Waals surface area contributed by atoms with Gasteiger partial charge in [-0.05, 0) is 36.4 Å². The van der Waals surface area contributed by atoms with E-state index in [-0.39, 0.29) is 9.92 Å². The zero-order chi connectivity index (χ0) is 16.2. The van der Waals surface area contributed by atoms with E-state index in [0.29, 0.717) is 11.4 Å². The molecule has 0 atom stereocenters. The highest BCUT2D eigenvalue weighted by Crippen LogP contribution is 2.23. The molecule has 8 heteroatoms. The second-order valence-corrected chi connectivity index (χ2v) is 6.29. The maximum absolute atomic E-state index is 12.2. The minimum Gasteiger partial charge on any atom is -0.453 e. The third kappa shape index (κ3) is 3.90. The van der Waals surface area contributed by atoms with E-state index in [0.717, 1.165) is 0 Å². The van der Waals surface area contributed by atoms with Crippen LogP contribution < -0.4 is 10.0 Å². The molecule has 0 saturated carbocycles. The largest absolute Gasteiger partial charge is 0.453 e. The summed E-state index contributed by atoms with van der Waals surface area (Å²) in [5.41, 5.74) is 0.822. The van der Waals surface area contributed by atoms with E-state index in [2.05, 4.69) is 14.8 Å². The van der Waals surface area contributed by atoms with Crippen molar-refractivity contribution in [3.8, 4) is 0 Å². The van der Waals surface area contributed by atoms with E-state index < -0.39 is 16.1 Å². The second-order valence-electron chi connectivity index (χ2n) is 4.23. The topological polar surface area (TPSA) is 84.5 Å². The van der Waals surface area contributed by atoms with Crippen LogP contribution in [0.3, 0.4) is 0 Å². The Kier molecular flexibility index (Phi) is 4.89. The Morgan fingerprint density at radius 3 is 2.23 bits per heavy atom. The van der Waals surface area contributed by atoms with E-state index in [9.17, 15) is 13.2 Å². The van der Waals surface area contributed by atoms with Crippen molar-refractivity contribution in [2.75, 3.05) is 17.1 Å². The number of carbonyl (C=O) groups is 1. The fraction of sp³-hybridized carbons (Fsp3) is 0.0714. The molecule has 2 aromatic carbocycles. The molecule has 0 aliphatic rings. The molecule has 0 aliphatic heterocycles. The van der Waals surface area contributed by atoms with Crippen molar-refractivity contribution in [3.05, 3.63) is 53.6 Å².